The first-order valence-corrected chi connectivity index (χ1v) is 7.72. The molecule has 1 N–H and O–H groups in total. The number of nitriles is 1. The highest BCUT2D eigenvalue weighted by molar-refractivity contribution is 6.04. The monoisotopic (exact) mass is 354 g/mol. The molecule has 0 aliphatic rings. The molecule has 0 aliphatic heterocycles. The number of esters is 1. The van der Waals surface area contributed by atoms with Crippen LogP contribution in [-0.4, -0.2) is 35.2 Å². The SMILES string of the molecule is Cc1noc2nc(-c3ccco3)cc(C(=O)OCC(=O)NCCC#N)c12. The molecule has 9 nitrogen and oxygen atoms in total. The molecule has 9 heteroatoms. The van der Waals surface area contributed by atoms with Crippen molar-refractivity contribution in [3.63, 3.8) is 0 Å². The highest BCUT2D eigenvalue weighted by atomic mass is 16.5. The molecule has 0 atom stereocenters. The first kappa shape index (κ1) is 17.2. The molecule has 0 radical (unpaired) electrons. The van der Waals surface area contributed by atoms with E-state index in [1.165, 1.54) is 12.3 Å². The molecule has 3 aromatic rings. The van der Waals surface area contributed by atoms with Crippen molar-refractivity contribution in [3.05, 3.63) is 35.7 Å². The van der Waals surface area contributed by atoms with Gasteiger partial charge in [0, 0.05) is 6.54 Å². The van der Waals surface area contributed by atoms with Gasteiger partial charge < -0.3 is 19.0 Å². The Hall–Kier alpha value is -3.67. The number of furan rings is 1. The summed E-state index contributed by atoms with van der Waals surface area (Å²) in [4.78, 5) is 28.4. The van der Waals surface area contributed by atoms with E-state index in [0.29, 0.717) is 22.5 Å². The Kier molecular flexibility index (Phi) is 4.94. The largest absolute Gasteiger partial charge is 0.463 e. The lowest BCUT2D eigenvalue weighted by atomic mass is 10.1. The summed E-state index contributed by atoms with van der Waals surface area (Å²) < 4.78 is 15.5. The first-order chi connectivity index (χ1) is 12.6. The van der Waals surface area contributed by atoms with E-state index in [-0.39, 0.29) is 24.2 Å². The van der Waals surface area contributed by atoms with E-state index in [1.54, 1.807) is 19.1 Å². The van der Waals surface area contributed by atoms with Crippen LogP contribution in [0.3, 0.4) is 0 Å². The van der Waals surface area contributed by atoms with E-state index in [2.05, 4.69) is 15.5 Å². The summed E-state index contributed by atoms with van der Waals surface area (Å²) >= 11 is 0. The average Bonchev–Trinajstić information content (AvgIpc) is 3.29. The predicted octanol–water partition coefficient (Wildman–Crippen LogP) is 1.98. The molecule has 1 amide bonds. The number of hydrogen-bond donors (Lipinski definition) is 1. The number of aryl methyl sites for hydroxylation is 1. The van der Waals surface area contributed by atoms with Crippen LogP contribution < -0.4 is 5.32 Å². The Labute approximate surface area is 147 Å². The lowest BCUT2D eigenvalue weighted by Crippen LogP contribution is -2.29. The van der Waals surface area contributed by atoms with E-state index < -0.39 is 18.5 Å². The zero-order chi connectivity index (χ0) is 18.5. The molecule has 0 spiro atoms. The third kappa shape index (κ3) is 3.54. The number of nitrogens with one attached hydrogen (secondary N) is 1. The molecule has 0 fully saturated rings. The van der Waals surface area contributed by atoms with Gasteiger partial charge in [-0.05, 0) is 25.1 Å². The van der Waals surface area contributed by atoms with Gasteiger partial charge in [0.2, 0.25) is 0 Å². The molecule has 3 heterocycles. The predicted molar refractivity (Wildman–Crippen MR) is 87.8 cm³/mol. The smallest absolute Gasteiger partial charge is 0.339 e. The normalized spacial score (nSPS) is 10.5. The number of carbonyl (C=O) groups is 2. The lowest BCUT2D eigenvalue weighted by Gasteiger charge is -2.07. The highest BCUT2D eigenvalue weighted by Gasteiger charge is 2.21. The molecular formula is C17H14N4O5. The van der Waals surface area contributed by atoms with Crippen molar-refractivity contribution in [2.45, 2.75) is 13.3 Å². The number of fused-ring (bicyclic) bond motifs is 1. The van der Waals surface area contributed by atoms with Gasteiger partial charge in [0.15, 0.2) is 12.4 Å². The number of carbonyl (C=O) groups excluding carboxylic acids is 2. The molecule has 0 saturated heterocycles. The summed E-state index contributed by atoms with van der Waals surface area (Å²) in [6, 6.07) is 6.78. The zero-order valence-electron chi connectivity index (χ0n) is 13.8. The Balaban J connectivity index is 1.84. The van der Waals surface area contributed by atoms with Gasteiger partial charge in [-0.1, -0.05) is 5.16 Å². The van der Waals surface area contributed by atoms with Gasteiger partial charge in [0.1, 0.15) is 5.69 Å². The van der Waals surface area contributed by atoms with Crippen LogP contribution in [0.25, 0.3) is 22.6 Å². The van der Waals surface area contributed by atoms with E-state index in [1.807, 2.05) is 6.07 Å². The van der Waals surface area contributed by atoms with Crippen molar-refractivity contribution in [1.82, 2.24) is 15.5 Å². The number of ether oxygens (including phenoxy) is 1. The molecular weight excluding hydrogens is 340 g/mol. The number of pyridine rings is 1. The number of rotatable bonds is 6. The lowest BCUT2D eigenvalue weighted by molar-refractivity contribution is -0.124. The fraction of sp³-hybridized carbons (Fsp3) is 0.235. The van der Waals surface area contributed by atoms with Crippen LogP contribution in [0.5, 0.6) is 0 Å². The van der Waals surface area contributed by atoms with Crippen molar-refractivity contribution < 1.29 is 23.3 Å². The Morgan fingerprint density at radius 3 is 3.00 bits per heavy atom. The van der Waals surface area contributed by atoms with Crippen LogP contribution in [-0.2, 0) is 9.53 Å². The Bertz CT molecular complexity index is 985. The minimum Gasteiger partial charge on any atom is -0.463 e. The van der Waals surface area contributed by atoms with Gasteiger partial charge in [0.25, 0.3) is 11.6 Å². The van der Waals surface area contributed by atoms with Crippen molar-refractivity contribution >= 4 is 23.0 Å². The number of hydrogen-bond acceptors (Lipinski definition) is 8. The van der Waals surface area contributed by atoms with Crippen molar-refractivity contribution in [1.29, 1.82) is 5.26 Å². The molecule has 0 saturated carbocycles. The number of nitrogens with zero attached hydrogens (tertiary/aromatic N) is 3. The molecule has 3 rings (SSSR count). The average molecular weight is 354 g/mol. The maximum Gasteiger partial charge on any atom is 0.339 e. The highest BCUT2D eigenvalue weighted by Crippen LogP contribution is 2.27. The molecule has 132 valence electrons. The van der Waals surface area contributed by atoms with Gasteiger partial charge in [-0.2, -0.15) is 5.26 Å². The van der Waals surface area contributed by atoms with Crippen LogP contribution in [0.2, 0.25) is 0 Å². The second kappa shape index (κ2) is 7.48. The quantitative estimate of drug-likeness (QED) is 0.525. The van der Waals surface area contributed by atoms with E-state index in [0.717, 1.165) is 0 Å². The maximum atomic E-state index is 12.5. The molecule has 0 bridgehead atoms. The Morgan fingerprint density at radius 2 is 2.27 bits per heavy atom. The first-order valence-electron chi connectivity index (χ1n) is 7.72. The topological polar surface area (TPSA) is 131 Å². The van der Waals surface area contributed by atoms with Crippen molar-refractivity contribution in [3.8, 4) is 17.5 Å². The van der Waals surface area contributed by atoms with Gasteiger partial charge in [-0.25, -0.2) is 9.78 Å². The maximum absolute atomic E-state index is 12.5. The summed E-state index contributed by atoms with van der Waals surface area (Å²) in [5, 5.41) is 15.1. The molecule has 3 aromatic heterocycles. The van der Waals surface area contributed by atoms with Gasteiger partial charge in [-0.3, -0.25) is 4.79 Å². The minimum absolute atomic E-state index is 0.168. The van der Waals surface area contributed by atoms with Crippen LogP contribution >= 0.6 is 0 Å². The fourth-order valence-electron chi connectivity index (χ4n) is 2.32. The molecule has 0 aliphatic carbocycles. The number of aromatic nitrogens is 2. The van der Waals surface area contributed by atoms with Crippen LogP contribution in [0, 0.1) is 18.3 Å². The summed E-state index contributed by atoms with van der Waals surface area (Å²) in [5.74, 6) is -0.761. The van der Waals surface area contributed by atoms with E-state index >= 15 is 0 Å². The molecule has 26 heavy (non-hydrogen) atoms. The van der Waals surface area contributed by atoms with Crippen LogP contribution in [0.15, 0.2) is 33.4 Å². The van der Waals surface area contributed by atoms with E-state index in [4.69, 9.17) is 18.9 Å². The molecule has 0 unspecified atom stereocenters. The van der Waals surface area contributed by atoms with Gasteiger partial charge in [-0.15, -0.1) is 0 Å². The summed E-state index contributed by atoms with van der Waals surface area (Å²) in [6.07, 6.45) is 1.66. The third-order valence-corrected chi connectivity index (χ3v) is 3.50. The minimum atomic E-state index is -0.716. The fourth-order valence-corrected chi connectivity index (χ4v) is 2.32. The van der Waals surface area contributed by atoms with Gasteiger partial charge >= 0.3 is 5.97 Å². The second-order valence-electron chi connectivity index (χ2n) is 5.31. The second-order valence-corrected chi connectivity index (χ2v) is 5.31. The van der Waals surface area contributed by atoms with Crippen LogP contribution in [0.4, 0.5) is 0 Å². The summed E-state index contributed by atoms with van der Waals surface area (Å²) in [7, 11) is 0. The molecule has 0 aromatic carbocycles. The van der Waals surface area contributed by atoms with E-state index in [9.17, 15) is 9.59 Å². The summed E-state index contributed by atoms with van der Waals surface area (Å²) in [5.41, 5.74) is 1.19. The Morgan fingerprint density at radius 1 is 1.42 bits per heavy atom. The van der Waals surface area contributed by atoms with Crippen LogP contribution in [0.1, 0.15) is 22.5 Å². The van der Waals surface area contributed by atoms with Gasteiger partial charge in [0.05, 0.1) is 35.4 Å². The number of amides is 1. The summed E-state index contributed by atoms with van der Waals surface area (Å²) in [6.45, 7) is 1.40. The zero-order valence-corrected chi connectivity index (χ0v) is 13.8. The third-order valence-electron chi connectivity index (χ3n) is 3.50. The van der Waals surface area contributed by atoms with Crippen molar-refractivity contribution in [2.75, 3.05) is 13.2 Å². The van der Waals surface area contributed by atoms with Crippen molar-refractivity contribution in [2.24, 2.45) is 0 Å². The standard InChI is InChI=1S/C17H14N4O5/c1-10-15-11(17(23)25-9-14(22)19-6-3-5-18)8-12(13-4-2-7-24-13)20-16(15)26-21-10/h2,4,7-8H,3,6,9H2,1H3,(H,19,22).